The zero-order valence-electron chi connectivity index (χ0n) is 11.8. The molecule has 1 N–H and O–H groups in total. The maximum atomic E-state index is 11.2. The lowest BCUT2D eigenvalue weighted by atomic mass is 9.78. The number of hydrogen-bond acceptors (Lipinski definition) is 2. The number of piperidine rings is 1. The van der Waals surface area contributed by atoms with Gasteiger partial charge in [0, 0.05) is 6.04 Å². The molecular weight excluding hydrogens is 226 g/mol. The highest BCUT2D eigenvalue weighted by Crippen LogP contribution is 2.35. The molecule has 0 aromatic carbocycles. The number of rotatable bonds is 3. The Labute approximate surface area is 111 Å². The van der Waals surface area contributed by atoms with E-state index in [0.717, 1.165) is 37.9 Å². The first-order chi connectivity index (χ1) is 8.55. The Morgan fingerprint density at radius 3 is 2.22 bits per heavy atom. The van der Waals surface area contributed by atoms with E-state index in [1.165, 1.54) is 32.1 Å². The molecule has 3 heteroatoms. The minimum absolute atomic E-state index is 0.475. The molecule has 0 amide bonds. The van der Waals surface area contributed by atoms with Gasteiger partial charge in [-0.25, -0.2) is 0 Å². The lowest BCUT2D eigenvalue weighted by Gasteiger charge is -2.43. The summed E-state index contributed by atoms with van der Waals surface area (Å²) in [6.07, 6.45) is 8.34. The molecule has 3 nitrogen and oxygen atoms in total. The standard InChI is InChI=1S/C15H27NO2/c1-3-12-4-6-13(7-5-12)16-10-8-15(2,9-11-16)14(17)18/h12-13H,3-11H2,1-2H3,(H,17,18). The van der Waals surface area contributed by atoms with Crippen LogP contribution in [0.1, 0.15) is 58.8 Å². The maximum Gasteiger partial charge on any atom is 0.309 e. The molecule has 0 atom stereocenters. The second-order valence-corrected chi connectivity index (χ2v) is 6.48. The van der Waals surface area contributed by atoms with Gasteiger partial charge < -0.3 is 10.0 Å². The van der Waals surface area contributed by atoms with Crippen LogP contribution in [0, 0.1) is 11.3 Å². The molecule has 1 heterocycles. The molecule has 0 radical (unpaired) electrons. The third kappa shape index (κ3) is 2.87. The van der Waals surface area contributed by atoms with Crippen molar-refractivity contribution in [2.24, 2.45) is 11.3 Å². The molecule has 18 heavy (non-hydrogen) atoms. The highest BCUT2D eigenvalue weighted by atomic mass is 16.4. The summed E-state index contributed by atoms with van der Waals surface area (Å²) in [6.45, 7) is 6.15. The number of aliphatic carboxylic acids is 1. The van der Waals surface area contributed by atoms with Gasteiger partial charge in [0.1, 0.15) is 0 Å². The van der Waals surface area contributed by atoms with E-state index >= 15 is 0 Å². The summed E-state index contributed by atoms with van der Waals surface area (Å²) in [4.78, 5) is 13.8. The van der Waals surface area contributed by atoms with Crippen LogP contribution in [0.3, 0.4) is 0 Å². The van der Waals surface area contributed by atoms with E-state index in [-0.39, 0.29) is 0 Å². The maximum absolute atomic E-state index is 11.2. The number of carboxylic acid groups (broad SMARTS) is 1. The predicted octanol–water partition coefficient (Wildman–Crippen LogP) is 3.14. The van der Waals surface area contributed by atoms with E-state index in [2.05, 4.69) is 11.8 Å². The first-order valence-electron chi connectivity index (χ1n) is 7.52. The largest absolute Gasteiger partial charge is 0.481 e. The SMILES string of the molecule is CCC1CCC(N2CCC(C)(C(=O)O)CC2)CC1. The predicted molar refractivity (Wildman–Crippen MR) is 72.6 cm³/mol. The normalized spacial score (nSPS) is 33.2. The van der Waals surface area contributed by atoms with E-state index in [0.29, 0.717) is 0 Å². The fraction of sp³-hybridized carbons (Fsp3) is 0.933. The summed E-state index contributed by atoms with van der Waals surface area (Å²) in [7, 11) is 0. The average molecular weight is 253 g/mol. The quantitative estimate of drug-likeness (QED) is 0.840. The van der Waals surface area contributed by atoms with Crippen molar-refractivity contribution in [1.82, 2.24) is 4.90 Å². The molecule has 0 unspecified atom stereocenters. The average Bonchev–Trinajstić information content (AvgIpc) is 2.40. The Kier molecular flexibility index (Phi) is 4.31. The van der Waals surface area contributed by atoms with E-state index in [1.54, 1.807) is 0 Å². The van der Waals surface area contributed by atoms with Crippen molar-refractivity contribution in [3.63, 3.8) is 0 Å². The van der Waals surface area contributed by atoms with Gasteiger partial charge in [-0.3, -0.25) is 4.79 Å². The van der Waals surface area contributed by atoms with Gasteiger partial charge in [-0.2, -0.15) is 0 Å². The summed E-state index contributed by atoms with van der Waals surface area (Å²) in [5, 5.41) is 9.24. The Morgan fingerprint density at radius 2 is 1.78 bits per heavy atom. The molecule has 0 bridgehead atoms. The minimum Gasteiger partial charge on any atom is -0.481 e. The zero-order valence-corrected chi connectivity index (χ0v) is 11.8. The van der Waals surface area contributed by atoms with E-state index in [4.69, 9.17) is 0 Å². The van der Waals surface area contributed by atoms with Gasteiger partial charge in [0.2, 0.25) is 0 Å². The third-order valence-corrected chi connectivity index (χ3v) is 5.33. The Bertz CT molecular complexity index is 287. The minimum atomic E-state index is -0.614. The first-order valence-corrected chi connectivity index (χ1v) is 7.52. The van der Waals surface area contributed by atoms with Gasteiger partial charge >= 0.3 is 5.97 Å². The fourth-order valence-corrected chi connectivity index (χ4v) is 3.51. The van der Waals surface area contributed by atoms with Crippen LogP contribution in [-0.2, 0) is 4.79 Å². The first kappa shape index (κ1) is 13.9. The second kappa shape index (κ2) is 5.60. The van der Waals surface area contributed by atoms with Crippen molar-refractivity contribution in [2.45, 2.75) is 64.8 Å². The number of nitrogens with zero attached hydrogens (tertiary/aromatic N) is 1. The van der Waals surface area contributed by atoms with Gasteiger partial charge in [0.25, 0.3) is 0 Å². The smallest absolute Gasteiger partial charge is 0.309 e. The van der Waals surface area contributed by atoms with Crippen LogP contribution < -0.4 is 0 Å². The van der Waals surface area contributed by atoms with Crippen LogP contribution in [0.2, 0.25) is 0 Å². The topological polar surface area (TPSA) is 40.5 Å². The third-order valence-electron chi connectivity index (χ3n) is 5.33. The molecule has 2 aliphatic rings. The number of carboxylic acids is 1. The molecular formula is C15H27NO2. The lowest BCUT2D eigenvalue weighted by molar-refractivity contribution is -0.151. The zero-order chi connectivity index (χ0) is 13.2. The van der Waals surface area contributed by atoms with Crippen molar-refractivity contribution in [3.05, 3.63) is 0 Å². The molecule has 2 rings (SSSR count). The van der Waals surface area contributed by atoms with Crippen LogP contribution in [0.25, 0.3) is 0 Å². The number of hydrogen-bond donors (Lipinski definition) is 1. The Balaban J connectivity index is 1.82. The second-order valence-electron chi connectivity index (χ2n) is 6.48. The van der Waals surface area contributed by atoms with Crippen LogP contribution in [0.4, 0.5) is 0 Å². The highest BCUT2D eigenvalue weighted by Gasteiger charge is 2.38. The molecule has 104 valence electrons. The van der Waals surface area contributed by atoms with Crippen molar-refractivity contribution < 1.29 is 9.90 Å². The molecule has 1 saturated heterocycles. The van der Waals surface area contributed by atoms with Crippen molar-refractivity contribution in [1.29, 1.82) is 0 Å². The van der Waals surface area contributed by atoms with Crippen molar-refractivity contribution in [3.8, 4) is 0 Å². The molecule has 1 saturated carbocycles. The van der Waals surface area contributed by atoms with Gasteiger partial charge in [-0.15, -0.1) is 0 Å². The van der Waals surface area contributed by atoms with Crippen LogP contribution >= 0.6 is 0 Å². The molecule has 1 aliphatic heterocycles. The van der Waals surface area contributed by atoms with Gasteiger partial charge in [0.15, 0.2) is 0 Å². The summed E-state index contributed by atoms with van der Waals surface area (Å²) in [6, 6.07) is 0.728. The summed E-state index contributed by atoms with van der Waals surface area (Å²) < 4.78 is 0. The van der Waals surface area contributed by atoms with Gasteiger partial charge in [-0.05, 0) is 64.5 Å². The van der Waals surface area contributed by atoms with E-state index in [9.17, 15) is 9.90 Å². The van der Waals surface area contributed by atoms with Crippen molar-refractivity contribution >= 4 is 5.97 Å². The fourth-order valence-electron chi connectivity index (χ4n) is 3.51. The molecule has 0 aromatic rings. The molecule has 2 fully saturated rings. The molecule has 0 aromatic heterocycles. The van der Waals surface area contributed by atoms with Crippen LogP contribution in [-0.4, -0.2) is 35.1 Å². The molecule has 1 aliphatic carbocycles. The van der Waals surface area contributed by atoms with Crippen LogP contribution in [0.5, 0.6) is 0 Å². The van der Waals surface area contributed by atoms with Crippen LogP contribution in [0.15, 0.2) is 0 Å². The summed E-state index contributed by atoms with van der Waals surface area (Å²) in [5.41, 5.74) is -0.475. The Morgan fingerprint density at radius 1 is 1.22 bits per heavy atom. The van der Waals surface area contributed by atoms with E-state index in [1.807, 2.05) is 6.92 Å². The summed E-state index contributed by atoms with van der Waals surface area (Å²) >= 11 is 0. The van der Waals surface area contributed by atoms with Crippen molar-refractivity contribution in [2.75, 3.05) is 13.1 Å². The highest BCUT2D eigenvalue weighted by molar-refractivity contribution is 5.74. The number of likely N-dealkylation sites (tertiary alicyclic amines) is 1. The lowest BCUT2D eigenvalue weighted by Crippen LogP contribution is -2.47. The summed E-state index contributed by atoms with van der Waals surface area (Å²) in [5.74, 6) is 0.326. The van der Waals surface area contributed by atoms with Gasteiger partial charge in [-0.1, -0.05) is 13.3 Å². The van der Waals surface area contributed by atoms with E-state index < -0.39 is 11.4 Å². The molecule has 0 spiro atoms. The number of carbonyl (C=O) groups is 1. The van der Waals surface area contributed by atoms with Gasteiger partial charge in [0.05, 0.1) is 5.41 Å². The Hall–Kier alpha value is -0.570. The monoisotopic (exact) mass is 253 g/mol.